The van der Waals surface area contributed by atoms with E-state index in [1.807, 2.05) is 48.5 Å². The van der Waals surface area contributed by atoms with E-state index < -0.39 is 0 Å². The molecular weight excluding hydrogens is 628 g/mol. The van der Waals surface area contributed by atoms with E-state index in [0.29, 0.717) is 37.8 Å². The number of rotatable bonds is 6. The average Bonchev–Trinajstić information content (AvgIpc) is 3.19. The first kappa shape index (κ1) is 32.7. The summed E-state index contributed by atoms with van der Waals surface area (Å²) in [4.78, 5) is 38.2. The summed E-state index contributed by atoms with van der Waals surface area (Å²) >= 11 is 0. The summed E-state index contributed by atoms with van der Waals surface area (Å²) in [5, 5.41) is 10.4. The molecule has 2 aliphatic heterocycles. The van der Waals surface area contributed by atoms with E-state index in [4.69, 9.17) is 9.47 Å². The van der Waals surface area contributed by atoms with E-state index in [1.54, 1.807) is 36.7 Å². The third-order valence-electron chi connectivity index (χ3n) is 8.79. The molecule has 2 amide bonds. The van der Waals surface area contributed by atoms with Gasteiger partial charge < -0.3 is 29.9 Å². The number of benzene rings is 4. The second-order valence-electron chi connectivity index (χ2n) is 11.9. The van der Waals surface area contributed by atoms with Gasteiger partial charge in [-0.1, -0.05) is 72.8 Å². The van der Waals surface area contributed by atoms with Gasteiger partial charge in [0.25, 0.3) is 11.8 Å². The predicted octanol–water partition coefficient (Wildman–Crippen LogP) is 6.65. The summed E-state index contributed by atoms with van der Waals surface area (Å²) in [7, 11) is 0. The van der Waals surface area contributed by atoms with Gasteiger partial charge in [0.15, 0.2) is 0 Å². The highest BCUT2D eigenvalue weighted by molar-refractivity contribution is 6.13. The predicted molar refractivity (Wildman–Crippen MR) is 198 cm³/mol. The molecule has 0 atom stereocenters. The molecule has 2 aromatic heterocycles. The standard InChI is InChI=1S/2C20H19N3O2/c2*24-20(17-7-3-4-10-21-17)22-19-16-6-2-1-5-15(16)8-9-18(19)23-11-13-25-14-12-23/h2*1-10H,11-14H2,(H,22,24). The van der Waals surface area contributed by atoms with Crippen molar-refractivity contribution >= 4 is 56.1 Å². The molecule has 2 saturated heterocycles. The first-order valence-corrected chi connectivity index (χ1v) is 16.8. The summed E-state index contributed by atoms with van der Waals surface area (Å²) in [6.45, 7) is 6.02. The molecule has 0 radical (unpaired) electrons. The van der Waals surface area contributed by atoms with E-state index in [1.165, 1.54) is 0 Å². The largest absolute Gasteiger partial charge is 0.378 e. The molecule has 0 unspecified atom stereocenters. The molecule has 2 fully saturated rings. The van der Waals surface area contributed by atoms with Gasteiger partial charge in [-0.25, -0.2) is 0 Å². The molecule has 2 aliphatic rings. The number of fused-ring (bicyclic) bond motifs is 2. The zero-order chi connectivity index (χ0) is 34.1. The van der Waals surface area contributed by atoms with Crippen molar-refractivity contribution in [3.8, 4) is 0 Å². The van der Waals surface area contributed by atoms with Crippen molar-refractivity contribution in [3.05, 3.63) is 133 Å². The lowest BCUT2D eigenvalue weighted by atomic mass is 10.1. The van der Waals surface area contributed by atoms with E-state index in [-0.39, 0.29) is 11.8 Å². The van der Waals surface area contributed by atoms with Crippen LogP contribution in [0.1, 0.15) is 21.0 Å². The van der Waals surface area contributed by atoms with Crippen molar-refractivity contribution in [2.45, 2.75) is 0 Å². The van der Waals surface area contributed by atoms with Crippen LogP contribution in [0.15, 0.2) is 122 Å². The van der Waals surface area contributed by atoms with Crippen LogP contribution in [0.4, 0.5) is 22.7 Å². The van der Waals surface area contributed by atoms with Crippen molar-refractivity contribution in [3.63, 3.8) is 0 Å². The number of morpholine rings is 2. The summed E-state index contributed by atoms with van der Waals surface area (Å²) < 4.78 is 10.9. The quantitative estimate of drug-likeness (QED) is 0.204. The normalized spacial score (nSPS) is 14.5. The molecule has 0 aliphatic carbocycles. The van der Waals surface area contributed by atoms with Gasteiger partial charge in [-0.2, -0.15) is 0 Å². The fourth-order valence-corrected chi connectivity index (χ4v) is 6.27. The van der Waals surface area contributed by atoms with Gasteiger partial charge >= 0.3 is 0 Å². The Labute approximate surface area is 290 Å². The van der Waals surface area contributed by atoms with Gasteiger partial charge in [-0.3, -0.25) is 19.6 Å². The lowest BCUT2D eigenvalue weighted by Gasteiger charge is -2.31. The molecule has 10 nitrogen and oxygen atoms in total. The van der Waals surface area contributed by atoms with Gasteiger partial charge in [-0.05, 0) is 47.2 Å². The fourth-order valence-electron chi connectivity index (χ4n) is 6.27. The van der Waals surface area contributed by atoms with Gasteiger partial charge in [-0.15, -0.1) is 0 Å². The first-order chi connectivity index (χ1) is 24.7. The summed E-state index contributed by atoms with van der Waals surface area (Å²) in [5.41, 5.74) is 4.51. The average molecular weight is 667 g/mol. The third-order valence-corrected chi connectivity index (χ3v) is 8.79. The van der Waals surface area contributed by atoms with Crippen LogP contribution in [-0.2, 0) is 9.47 Å². The van der Waals surface area contributed by atoms with Crippen LogP contribution in [0.3, 0.4) is 0 Å². The molecule has 252 valence electrons. The Hall–Kier alpha value is -5.84. The van der Waals surface area contributed by atoms with Crippen LogP contribution in [0, 0.1) is 0 Å². The second kappa shape index (κ2) is 15.6. The Morgan fingerprint density at radius 2 is 0.900 bits per heavy atom. The van der Waals surface area contributed by atoms with Crippen molar-refractivity contribution in [1.82, 2.24) is 9.97 Å². The maximum atomic E-state index is 12.7. The molecule has 0 bridgehead atoms. The van der Waals surface area contributed by atoms with Crippen LogP contribution in [0.25, 0.3) is 21.5 Å². The van der Waals surface area contributed by atoms with E-state index in [9.17, 15) is 9.59 Å². The van der Waals surface area contributed by atoms with Crippen molar-refractivity contribution in [2.75, 3.05) is 73.0 Å². The molecule has 2 N–H and O–H groups in total. The molecule has 50 heavy (non-hydrogen) atoms. The Bertz CT molecular complexity index is 1930. The summed E-state index contributed by atoms with van der Waals surface area (Å²) in [6.07, 6.45) is 3.25. The number of nitrogens with one attached hydrogen (secondary N) is 2. The van der Waals surface area contributed by atoms with Gasteiger partial charge in [0.2, 0.25) is 0 Å². The molecule has 8 rings (SSSR count). The minimum atomic E-state index is -0.202. The molecule has 10 heteroatoms. The van der Waals surface area contributed by atoms with Crippen LogP contribution in [0.5, 0.6) is 0 Å². The molecule has 0 saturated carbocycles. The van der Waals surface area contributed by atoms with Crippen LogP contribution >= 0.6 is 0 Å². The van der Waals surface area contributed by atoms with Crippen LogP contribution < -0.4 is 20.4 Å². The molecule has 4 heterocycles. The molecular formula is C40H38N6O4. The van der Waals surface area contributed by atoms with Crippen molar-refractivity contribution in [1.29, 1.82) is 0 Å². The zero-order valence-electron chi connectivity index (χ0n) is 27.6. The smallest absolute Gasteiger partial charge is 0.274 e. The molecule has 0 spiro atoms. The number of amides is 2. The zero-order valence-corrected chi connectivity index (χ0v) is 27.6. The number of hydrogen-bond donors (Lipinski definition) is 2. The number of nitrogens with zero attached hydrogens (tertiary/aromatic N) is 4. The Morgan fingerprint density at radius 1 is 0.500 bits per heavy atom. The highest BCUT2D eigenvalue weighted by Crippen LogP contribution is 2.36. The number of pyridine rings is 2. The summed E-state index contributed by atoms with van der Waals surface area (Å²) in [5.74, 6) is -0.405. The third kappa shape index (κ3) is 7.41. The highest BCUT2D eigenvalue weighted by Gasteiger charge is 2.21. The lowest BCUT2D eigenvalue weighted by Crippen LogP contribution is -2.36. The Kier molecular flexibility index (Phi) is 10.2. The van der Waals surface area contributed by atoms with E-state index in [0.717, 1.165) is 70.5 Å². The van der Waals surface area contributed by atoms with Gasteiger partial charge in [0.1, 0.15) is 11.4 Å². The van der Waals surface area contributed by atoms with E-state index >= 15 is 0 Å². The van der Waals surface area contributed by atoms with Crippen LogP contribution in [-0.4, -0.2) is 74.4 Å². The van der Waals surface area contributed by atoms with Crippen LogP contribution in [0.2, 0.25) is 0 Å². The number of aromatic nitrogens is 2. The summed E-state index contributed by atoms with van der Waals surface area (Å²) in [6, 6.07) is 35.1. The number of anilines is 4. The first-order valence-electron chi connectivity index (χ1n) is 16.8. The van der Waals surface area contributed by atoms with E-state index in [2.05, 4.69) is 66.8 Å². The minimum Gasteiger partial charge on any atom is -0.378 e. The molecule has 4 aromatic carbocycles. The SMILES string of the molecule is O=C(Nc1c(N2CCOCC2)ccc2ccccc12)c1ccccn1.O=C(Nc1c(N2CCOCC2)ccc2ccccc12)c1ccccn1. The Morgan fingerprint density at radius 3 is 1.30 bits per heavy atom. The highest BCUT2D eigenvalue weighted by atomic mass is 16.5. The monoisotopic (exact) mass is 666 g/mol. The number of carbonyl (C=O) groups excluding carboxylic acids is 2. The number of hydrogen-bond acceptors (Lipinski definition) is 8. The maximum Gasteiger partial charge on any atom is 0.274 e. The van der Waals surface area contributed by atoms with Gasteiger partial charge in [0.05, 0.1) is 49.2 Å². The second-order valence-corrected chi connectivity index (χ2v) is 11.9. The van der Waals surface area contributed by atoms with Crippen molar-refractivity contribution in [2.24, 2.45) is 0 Å². The van der Waals surface area contributed by atoms with Gasteiger partial charge in [0, 0.05) is 49.3 Å². The topological polar surface area (TPSA) is 109 Å². The lowest BCUT2D eigenvalue weighted by molar-refractivity contribution is 0.101. The number of carbonyl (C=O) groups is 2. The molecule has 6 aromatic rings. The minimum absolute atomic E-state index is 0.202. The maximum absolute atomic E-state index is 12.7. The fraction of sp³-hybridized carbons (Fsp3) is 0.200. The van der Waals surface area contributed by atoms with Crippen molar-refractivity contribution < 1.29 is 19.1 Å². The Balaban J connectivity index is 0.000000157. The number of ether oxygens (including phenoxy) is 2.